The first kappa shape index (κ1) is 13.1. The van der Waals surface area contributed by atoms with Crippen LogP contribution in [0.2, 0.25) is 0 Å². The lowest BCUT2D eigenvalue weighted by atomic mass is 10.2. The molecular weight excluding hydrogens is 256 g/mol. The second kappa shape index (κ2) is 5.20. The summed E-state index contributed by atoms with van der Waals surface area (Å²) in [5.74, 6) is 1.35. The molecule has 106 valence electrons. The van der Waals surface area contributed by atoms with E-state index >= 15 is 0 Å². The van der Waals surface area contributed by atoms with Crippen molar-refractivity contribution in [2.45, 2.75) is 32.4 Å². The summed E-state index contributed by atoms with van der Waals surface area (Å²) in [5.41, 5.74) is 1.05. The number of hydrogen-bond acceptors (Lipinski definition) is 5. The lowest BCUT2D eigenvalue weighted by molar-refractivity contribution is 0.234. The number of aryl methyl sites for hydroxylation is 2. The van der Waals surface area contributed by atoms with E-state index in [9.17, 15) is 4.79 Å². The lowest BCUT2D eigenvalue weighted by Crippen LogP contribution is -2.25. The van der Waals surface area contributed by atoms with Gasteiger partial charge in [-0.3, -0.25) is 9.69 Å². The molecule has 0 aromatic carbocycles. The molecule has 0 amide bonds. The SMILES string of the molecule is Cc1nc([C@@H]2CCCN2Cc2ccn(C)c(=O)c2)no1. The van der Waals surface area contributed by atoms with Crippen molar-refractivity contribution in [3.63, 3.8) is 0 Å². The van der Waals surface area contributed by atoms with Crippen LogP contribution in [0.4, 0.5) is 0 Å². The summed E-state index contributed by atoms with van der Waals surface area (Å²) >= 11 is 0. The van der Waals surface area contributed by atoms with Gasteiger partial charge in [0.25, 0.3) is 5.56 Å². The summed E-state index contributed by atoms with van der Waals surface area (Å²) in [6.45, 7) is 3.54. The van der Waals surface area contributed by atoms with Crippen LogP contribution >= 0.6 is 0 Å². The van der Waals surface area contributed by atoms with Gasteiger partial charge in [-0.05, 0) is 31.0 Å². The Labute approximate surface area is 117 Å². The van der Waals surface area contributed by atoms with Gasteiger partial charge in [0.05, 0.1) is 6.04 Å². The number of hydrogen-bond donors (Lipinski definition) is 0. The van der Waals surface area contributed by atoms with Crippen LogP contribution < -0.4 is 5.56 Å². The van der Waals surface area contributed by atoms with E-state index in [-0.39, 0.29) is 11.6 Å². The molecule has 1 atom stereocenters. The molecule has 2 aromatic rings. The Bertz CT molecular complexity index is 661. The minimum Gasteiger partial charge on any atom is -0.340 e. The topological polar surface area (TPSA) is 64.2 Å². The van der Waals surface area contributed by atoms with Gasteiger partial charge < -0.3 is 9.09 Å². The number of nitrogens with zero attached hydrogens (tertiary/aromatic N) is 4. The van der Waals surface area contributed by atoms with Crippen molar-refractivity contribution in [1.29, 1.82) is 0 Å². The molecule has 6 nitrogen and oxygen atoms in total. The highest BCUT2D eigenvalue weighted by Gasteiger charge is 2.29. The number of likely N-dealkylation sites (tertiary alicyclic amines) is 1. The second-order valence-corrected chi connectivity index (χ2v) is 5.28. The minimum atomic E-state index is 0.0219. The molecule has 2 aromatic heterocycles. The van der Waals surface area contributed by atoms with Crippen molar-refractivity contribution in [2.75, 3.05) is 6.54 Å². The van der Waals surface area contributed by atoms with Crippen molar-refractivity contribution >= 4 is 0 Å². The van der Waals surface area contributed by atoms with Crippen molar-refractivity contribution in [1.82, 2.24) is 19.6 Å². The molecule has 3 rings (SSSR count). The average Bonchev–Trinajstić information content (AvgIpc) is 3.03. The fraction of sp³-hybridized carbons (Fsp3) is 0.500. The van der Waals surface area contributed by atoms with Gasteiger partial charge in [0.2, 0.25) is 5.89 Å². The van der Waals surface area contributed by atoms with Crippen molar-refractivity contribution in [3.05, 3.63) is 46.0 Å². The van der Waals surface area contributed by atoms with Crippen molar-refractivity contribution in [3.8, 4) is 0 Å². The maximum atomic E-state index is 11.7. The summed E-state index contributed by atoms with van der Waals surface area (Å²) in [5, 5.41) is 4.03. The predicted octanol–water partition coefficient (Wildman–Crippen LogP) is 1.41. The van der Waals surface area contributed by atoms with E-state index in [2.05, 4.69) is 15.0 Å². The molecule has 6 heteroatoms. The van der Waals surface area contributed by atoms with Gasteiger partial charge in [0.1, 0.15) is 0 Å². The molecule has 0 saturated carbocycles. The average molecular weight is 274 g/mol. The van der Waals surface area contributed by atoms with Crippen LogP contribution in [-0.4, -0.2) is 26.2 Å². The molecule has 0 bridgehead atoms. The molecule has 20 heavy (non-hydrogen) atoms. The highest BCUT2D eigenvalue weighted by molar-refractivity contribution is 5.12. The van der Waals surface area contributed by atoms with E-state index in [1.54, 1.807) is 30.8 Å². The van der Waals surface area contributed by atoms with E-state index in [4.69, 9.17) is 4.52 Å². The first-order valence-electron chi connectivity index (χ1n) is 6.83. The number of rotatable bonds is 3. The van der Waals surface area contributed by atoms with Crippen LogP contribution in [0.1, 0.15) is 36.2 Å². The van der Waals surface area contributed by atoms with Crippen LogP contribution in [0.3, 0.4) is 0 Å². The smallest absolute Gasteiger partial charge is 0.250 e. The fourth-order valence-corrected chi connectivity index (χ4v) is 2.68. The highest BCUT2D eigenvalue weighted by atomic mass is 16.5. The predicted molar refractivity (Wildman–Crippen MR) is 73.1 cm³/mol. The first-order valence-corrected chi connectivity index (χ1v) is 6.83. The van der Waals surface area contributed by atoms with E-state index in [0.717, 1.165) is 37.3 Å². The lowest BCUT2D eigenvalue weighted by Gasteiger charge is -2.21. The number of aromatic nitrogens is 3. The van der Waals surface area contributed by atoms with Crippen LogP contribution in [0.15, 0.2) is 27.6 Å². The largest absolute Gasteiger partial charge is 0.340 e. The Morgan fingerprint density at radius 3 is 3.05 bits per heavy atom. The Balaban J connectivity index is 1.79. The van der Waals surface area contributed by atoms with Gasteiger partial charge >= 0.3 is 0 Å². The molecule has 0 unspecified atom stereocenters. The van der Waals surface area contributed by atoms with Gasteiger partial charge in [0, 0.05) is 32.8 Å². The van der Waals surface area contributed by atoms with Gasteiger partial charge in [-0.25, -0.2) is 0 Å². The second-order valence-electron chi connectivity index (χ2n) is 5.28. The summed E-state index contributed by atoms with van der Waals surface area (Å²) in [6.07, 6.45) is 3.95. The minimum absolute atomic E-state index is 0.0219. The standard InChI is InChI=1S/C14H18N4O2/c1-10-15-14(16-20-10)12-4-3-6-18(12)9-11-5-7-17(2)13(19)8-11/h5,7-8,12H,3-4,6,9H2,1-2H3/t12-/m0/s1. The summed E-state index contributed by atoms with van der Waals surface area (Å²) in [7, 11) is 1.76. The molecular formula is C14H18N4O2. The van der Waals surface area contributed by atoms with Crippen molar-refractivity contribution in [2.24, 2.45) is 7.05 Å². The van der Waals surface area contributed by atoms with Gasteiger partial charge in [-0.1, -0.05) is 5.16 Å². The third-order valence-electron chi connectivity index (χ3n) is 3.76. The maximum absolute atomic E-state index is 11.7. The third kappa shape index (κ3) is 2.51. The normalized spacial score (nSPS) is 19.6. The third-order valence-corrected chi connectivity index (χ3v) is 3.76. The van der Waals surface area contributed by atoms with Crippen LogP contribution in [0, 0.1) is 6.92 Å². The zero-order chi connectivity index (χ0) is 14.1. The van der Waals surface area contributed by atoms with E-state index in [0.29, 0.717) is 5.89 Å². The number of pyridine rings is 1. The fourth-order valence-electron chi connectivity index (χ4n) is 2.68. The van der Waals surface area contributed by atoms with Crippen LogP contribution in [0.5, 0.6) is 0 Å². The Hall–Kier alpha value is -1.95. The molecule has 0 spiro atoms. The molecule has 0 N–H and O–H groups in total. The molecule has 1 fully saturated rings. The van der Waals surface area contributed by atoms with Crippen LogP contribution in [0.25, 0.3) is 0 Å². The quantitative estimate of drug-likeness (QED) is 0.847. The van der Waals surface area contributed by atoms with E-state index in [1.807, 2.05) is 6.07 Å². The molecule has 1 aliphatic rings. The zero-order valence-corrected chi connectivity index (χ0v) is 11.7. The Morgan fingerprint density at radius 1 is 1.50 bits per heavy atom. The Morgan fingerprint density at radius 2 is 2.35 bits per heavy atom. The molecule has 1 aliphatic heterocycles. The molecule has 0 aliphatic carbocycles. The highest BCUT2D eigenvalue weighted by Crippen LogP contribution is 2.31. The van der Waals surface area contributed by atoms with Crippen LogP contribution in [-0.2, 0) is 13.6 Å². The first-order chi connectivity index (χ1) is 9.63. The summed E-state index contributed by atoms with van der Waals surface area (Å²) in [4.78, 5) is 18.3. The molecule has 1 saturated heterocycles. The zero-order valence-electron chi connectivity index (χ0n) is 11.7. The van der Waals surface area contributed by atoms with Gasteiger partial charge in [-0.2, -0.15) is 4.98 Å². The van der Waals surface area contributed by atoms with Crippen molar-refractivity contribution < 1.29 is 4.52 Å². The maximum Gasteiger partial charge on any atom is 0.250 e. The Kier molecular flexibility index (Phi) is 3.40. The van der Waals surface area contributed by atoms with E-state index < -0.39 is 0 Å². The van der Waals surface area contributed by atoms with E-state index in [1.165, 1.54) is 0 Å². The molecule has 3 heterocycles. The molecule has 0 radical (unpaired) electrons. The monoisotopic (exact) mass is 274 g/mol. The summed E-state index contributed by atoms with van der Waals surface area (Å²) < 4.78 is 6.65. The van der Waals surface area contributed by atoms with Gasteiger partial charge in [-0.15, -0.1) is 0 Å². The summed E-state index contributed by atoms with van der Waals surface area (Å²) in [6, 6.07) is 3.87. The van der Waals surface area contributed by atoms with Gasteiger partial charge in [0.15, 0.2) is 5.82 Å².